The molecule has 1 aromatic rings. The summed E-state index contributed by atoms with van der Waals surface area (Å²) in [5, 5.41) is 0. The minimum Gasteiger partial charge on any atom is -0.497 e. The molecule has 0 aliphatic carbocycles. The van der Waals surface area contributed by atoms with E-state index in [2.05, 4.69) is 0 Å². The fraction of sp³-hybridized carbons (Fsp3) is 0.364. The van der Waals surface area contributed by atoms with Gasteiger partial charge in [-0.2, -0.15) is 11.8 Å². The minimum atomic E-state index is -0.513. The van der Waals surface area contributed by atoms with Gasteiger partial charge in [0.1, 0.15) is 11.6 Å². The van der Waals surface area contributed by atoms with Gasteiger partial charge < -0.3 is 4.74 Å². The molecule has 4 heteroatoms. The average molecular weight is 228 g/mol. The largest absolute Gasteiger partial charge is 0.497 e. The molecule has 0 amide bonds. The zero-order chi connectivity index (χ0) is 11.3. The Bertz CT molecular complexity index is 352. The molecule has 1 rings (SSSR count). The minimum absolute atomic E-state index is 0.143. The van der Waals surface area contributed by atoms with Crippen molar-refractivity contribution < 1.29 is 13.9 Å². The van der Waals surface area contributed by atoms with E-state index in [0.29, 0.717) is 17.9 Å². The number of ether oxygens (including phenoxy) is 1. The van der Waals surface area contributed by atoms with E-state index in [1.807, 2.05) is 6.26 Å². The van der Waals surface area contributed by atoms with Crippen molar-refractivity contribution in [2.75, 3.05) is 19.1 Å². The smallest absolute Gasteiger partial charge is 0.166 e. The first-order valence-electron chi connectivity index (χ1n) is 4.54. The lowest BCUT2D eigenvalue weighted by atomic mass is 10.1. The molecule has 0 spiro atoms. The molecule has 15 heavy (non-hydrogen) atoms. The van der Waals surface area contributed by atoms with Gasteiger partial charge in [0.15, 0.2) is 5.78 Å². The number of Topliss-reactive ketones (excluding diaryl/α,β-unsaturated/α-hetero) is 1. The van der Waals surface area contributed by atoms with Crippen LogP contribution in [0.2, 0.25) is 0 Å². The first kappa shape index (κ1) is 12.0. The third kappa shape index (κ3) is 3.23. The lowest BCUT2D eigenvalue weighted by Crippen LogP contribution is -2.03. The predicted molar refractivity (Wildman–Crippen MR) is 60.3 cm³/mol. The van der Waals surface area contributed by atoms with E-state index in [4.69, 9.17) is 4.74 Å². The molecule has 0 atom stereocenters. The van der Waals surface area contributed by atoms with Crippen molar-refractivity contribution in [3.63, 3.8) is 0 Å². The molecule has 82 valence electrons. The van der Waals surface area contributed by atoms with Gasteiger partial charge in [-0.05, 0) is 18.4 Å². The monoisotopic (exact) mass is 228 g/mol. The molecule has 0 saturated heterocycles. The number of halogens is 1. The fourth-order valence-electron chi connectivity index (χ4n) is 1.18. The number of methoxy groups -OCH3 is 1. The topological polar surface area (TPSA) is 26.3 Å². The molecule has 0 radical (unpaired) electrons. The summed E-state index contributed by atoms with van der Waals surface area (Å²) in [6.45, 7) is 0. The van der Waals surface area contributed by atoms with E-state index >= 15 is 0 Å². The van der Waals surface area contributed by atoms with E-state index in [-0.39, 0.29) is 11.3 Å². The molecule has 0 heterocycles. The summed E-state index contributed by atoms with van der Waals surface area (Å²) < 4.78 is 18.3. The van der Waals surface area contributed by atoms with Gasteiger partial charge >= 0.3 is 0 Å². The van der Waals surface area contributed by atoms with Crippen LogP contribution in [0, 0.1) is 5.82 Å². The Kier molecular flexibility index (Phi) is 4.62. The summed E-state index contributed by atoms with van der Waals surface area (Å²) in [6.07, 6.45) is 2.28. The molecule has 0 aliphatic rings. The van der Waals surface area contributed by atoms with Crippen LogP contribution in [0.5, 0.6) is 5.75 Å². The van der Waals surface area contributed by atoms with E-state index < -0.39 is 5.82 Å². The molecule has 0 unspecified atom stereocenters. The molecule has 0 saturated carbocycles. The van der Waals surface area contributed by atoms with Gasteiger partial charge in [-0.15, -0.1) is 0 Å². The van der Waals surface area contributed by atoms with Crippen LogP contribution in [0.1, 0.15) is 16.8 Å². The maximum absolute atomic E-state index is 13.4. The number of carbonyl (C=O) groups is 1. The van der Waals surface area contributed by atoms with Crippen molar-refractivity contribution in [2.45, 2.75) is 6.42 Å². The molecule has 0 aliphatic heterocycles. The standard InChI is InChI=1S/C11H13FO2S/c1-14-8-3-4-9(10(12)7-8)11(13)5-6-15-2/h3-4,7H,5-6H2,1-2H3. The first-order valence-corrected chi connectivity index (χ1v) is 5.94. The quantitative estimate of drug-likeness (QED) is 0.725. The number of hydrogen-bond acceptors (Lipinski definition) is 3. The van der Waals surface area contributed by atoms with Gasteiger partial charge in [0.25, 0.3) is 0 Å². The SMILES string of the molecule is COc1ccc(C(=O)CCSC)c(F)c1. The molecule has 0 aromatic heterocycles. The van der Waals surface area contributed by atoms with Crippen molar-refractivity contribution in [3.8, 4) is 5.75 Å². The van der Waals surface area contributed by atoms with Gasteiger partial charge in [-0.25, -0.2) is 4.39 Å². The van der Waals surface area contributed by atoms with E-state index in [1.165, 1.54) is 19.2 Å². The van der Waals surface area contributed by atoms with Crippen LogP contribution >= 0.6 is 11.8 Å². The van der Waals surface area contributed by atoms with Crippen LogP contribution in [0.3, 0.4) is 0 Å². The Balaban J connectivity index is 2.81. The lowest BCUT2D eigenvalue weighted by Gasteiger charge is -2.04. The van der Waals surface area contributed by atoms with Crippen molar-refractivity contribution in [3.05, 3.63) is 29.6 Å². The van der Waals surface area contributed by atoms with Crippen LogP contribution in [-0.4, -0.2) is 24.9 Å². The number of thioether (sulfide) groups is 1. The number of ketones is 1. The summed E-state index contributed by atoms with van der Waals surface area (Å²) in [5.74, 6) is 0.462. The molecular formula is C11H13FO2S. The Labute approximate surface area is 92.8 Å². The molecular weight excluding hydrogens is 215 g/mol. The predicted octanol–water partition coefficient (Wildman–Crippen LogP) is 2.77. The number of rotatable bonds is 5. The third-order valence-electron chi connectivity index (χ3n) is 2.01. The van der Waals surface area contributed by atoms with Gasteiger partial charge in [-0.3, -0.25) is 4.79 Å². The second kappa shape index (κ2) is 5.75. The summed E-state index contributed by atoms with van der Waals surface area (Å²) >= 11 is 1.57. The van der Waals surface area contributed by atoms with Gasteiger partial charge in [0.05, 0.1) is 12.7 Å². The van der Waals surface area contributed by atoms with Gasteiger partial charge in [0.2, 0.25) is 0 Å². The number of hydrogen-bond donors (Lipinski definition) is 0. The molecule has 0 fully saturated rings. The van der Waals surface area contributed by atoms with E-state index in [1.54, 1.807) is 17.8 Å². The molecule has 2 nitrogen and oxygen atoms in total. The Hall–Kier alpha value is -1.03. The number of carbonyl (C=O) groups excluding carboxylic acids is 1. The summed E-state index contributed by atoms with van der Waals surface area (Å²) in [4.78, 5) is 11.5. The lowest BCUT2D eigenvalue weighted by molar-refractivity contribution is 0.0985. The van der Waals surface area contributed by atoms with E-state index in [0.717, 1.165) is 0 Å². The fourth-order valence-corrected chi connectivity index (χ4v) is 1.57. The Morgan fingerprint density at radius 3 is 2.80 bits per heavy atom. The third-order valence-corrected chi connectivity index (χ3v) is 2.62. The van der Waals surface area contributed by atoms with E-state index in [9.17, 15) is 9.18 Å². The zero-order valence-electron chi connectivity index (χ0n) is 8.75. The van der Waals surface area contributed by atoms with Crippen molar-refractivity contribution >= 4 is 17.5 Å². The summed E-state index contributed by atoms with van der Waals surface area (Å²) in [5.41, 5.74) is 0.143. The maximum atomic E-state index is 13.4. The van der Waals surface area contributed by atoms with Gasteiger partial charge in [0, 0.05) is 18.2 Å². The molecule has 1 aromatic carbocycles. The summed E-state index contributed by atoms with van der Waals surface area (Å²) in [6, 6.07) is 4.29. The van der Waals surface area contributed by atoms with Crippen LogP contribution in [-0.2, 0) is 0 Å². The first-order chi connectivity index (χ1) is 7.19. The maximum Gasteiger partial charge on any atom is 0.166 e. The van der Waals surface area contributed by atoms with Gasteiger partial charge in [-0.1, -0.05) is 0 Å². The normalized spacial score (nSPS) is 10.1. The molecule has 0 bridgehead atoms. The highest BCUT2D eigenvalue weighted by Gasteiger charge is 2.11. The average Bonchev–Trinajstić information content (AvgIpc) is 2.25. The van der Waals surface area contributed by atoms with Crippen LogP contribution in [0.15, 0.2) is 18.2 Å². The van der Waals surface area contributed by atoms with Crippen LogP contribution in [0.4, 0.5) is 4.39 Å². The second-order valence-electron chi connectivity index (χ2n) is 3.01. The highest BCUT2D eigenvalue weighted by Crippen LogP contribution is 2.17. The van der Waals surface area contributed by atoms with Crippen LogP contribution < -0.4 is 4.74 Å². The van der Waals surface area contributed by atoms with Crippen molar-refractivity contribution in [1.82, 2.24) is 0 Å². The highest BCUT2D eigenvalue weighted by molar-refractivity contribution is 7.98. The van der Waals surface area contributed by atoms with Crippen molar-refractivity contribution in [1.29, 1.82) is 0 Å². The van der Waals surface area contributed by atoms with Crippen molar-refractivity contribution in [2.24, 2.45) is 0 Å². The zero-order valence-corrected chi connectivity index (χ0v) is 9.57. The Morgan fingerprint density at radius 1 is 1.53 bits per heavy atom. The Morgan fingerprint density at radius 2 is 2.27 bits per heavy atom. The molecule has 0 N–H and O–H groups in total. The number of benzene rings is 1. The summed E-state index contributed by atoms with van der Waals surface area (Å²) in [7, 11) is 1.46. The highest BCUT2D eigenvalue weighted by atomic mass is 32.2. The van der Waals surface area contributed by atoms with Crippen LogP contribution in [0.25, 0.3) is 0 Å². The second-order valence-corrected chi connectivity index (χ2v) is 4.00.